The topological polar surface area (TPSA) is 44.5 Å². The Morgan fingerprint density at radius 2 is 1.65 bits per heavy atom. The van der Waals surface area contributed by atoms with Crippen LogP contribution in [0.3, 0.4) is 0 Å². The monoisotopic (exact) mass is 271 g/mol. The smallest absolute Gasteiger partial charge is 0.189 e. The second kappa shape index (κ2) is 7.19. The van der Waals surface area contributed by atoms with Crippen molar-refractivity contribution in [3.05, 3.63) is 65.4 Å². The molecular weight excluding hydrogens is 254 g/mol. The van der Waals surface area contributed by atoms with Gasteiger partial charge in [0.1, 0.15) is 11.5 Å². The lowest BCUT2D eigenvalue weighted by molar-refractivity contribution is -0.471. The number of rotatable bonds is 6. The Balaban J connectivity index is 1.82. The fraction of sp³-hybridized carbons (Fsp3) is 0.188. The predicted molar refractivity (Wildman–Crippen MR) is 78.3 cm³/mol. The number of hydroxylamine groups is 1. The molecule has 0 bridgehead atoms. The third kappa shape index (κ3) is 4.31. The van der Waals surface area contributed by atoms with Gasteiger partial charge in [-0.25, -0.2) is 4.74 Å². The van der Waals surface area contributed by atoms with E-state index >= 15 is 0 Å². The van der Waals surface area contributed by atoms with E-state index in [1.165, 1.54) is 6.21 Å². The second-order valence-corrected chi connectivity index (χ2v) is 4.23. The average molecular weight is 271 g/mol. The minimum atomic E-state index is 0.239. The molecule has 0 atom stereocenters. The van der Waals surface area contributed by atoms with Gasteiger partial charge >= 0.3 is 0 Å². The van der Waals surface area contributed by atoms with E-state index in [1.807, 2.05) is 42.5 Å². The number of methoxy groups -OCH3 is 1. The van der Waals surface area contributed by atoms with Crippen molar-refractivity contribution in [2.24, 2.45) is 0 Å². The number of benzene rings is 2. The molecule has 0 saturated heterocycles. The van der Waals surface area contributed by atoms with E-state index in [-0.39, 0.29) is 6.61 Å². The van der Waals surface area contributed by atoms with Crippen LogP contribution in [0.4, 0.5) is 0 Å². The highest BCUT2D eigenvalue weighted by atomic mass is 16.5. The van der Waals surface area contributed by atoms with Crippen molar-refractivity contribution in [1.29, 1.82) is 0 Å². The summed E-state index contributed by atoms with van der Waals surface area (Å²) >= 11 is 0. The standard InChI is InChI=1S/C16H17NO3/c1-19-15-7-9-16(10-8-15)20-12-11-17(18)13-14-5-3-2-4-6-14/h2-11H,12-13H2,1H3. The number of ether oxygens (including phenoxy) is 2. The highest BCUT2D eigenvalue weighted by Gasteiger charge is 1.98. The van der Waals surface area contributed by atoms with Crippen molar-refractivity contribution in [2.75, 3.05) is 13.7 Å². The van der Waals surface area contributed by atoms with Crippen LogP contribution in [0.1, 0.15) is 5.56 Å². The molecule has 0 radical (unpaired) electrons. The van der Waals surface area contributed by atoms with Gasteiger partial charge in [-0.3, -0.25) is 0 Å². The molecule has 20 heavy (non-hydrogen) atoms. The van der Waals surface area contributed by atoms with Crippen LogP contribution in [0, 0.1) is 5.21 Å². The van der Waals surface area contributed by atoms with Gasteiger partial charge in [0.2, 0.25) is 0 Å². The van der Waals surface area contributed by atoms with Gasteiger partial charge in [-0.2, -0.15) is 0 Å². The van der Waals surface area contributed by atoms with Gasteiger partial charge in [0.25, 0.3) is 0 Å². The fourth-order valence-electron chi connectivity index (χ4n) is 1.72. The van der Waals surface area contributed by atoms with Gasteiger partial charge in [-0.15, -0.1) is 0 Å². The fourth-order valence-corrected chi connectivity index (χ4v) is 1.72. The predicted octanol–water partition coefficient (Wildman–Crippen LogP) is 2.86. The Labute approximate surface area is 118 Å². The Morgan fingerprint density at radius 1 is 1.00 bits per heavy atom. The van der Waals surface area contributed by atoms with E-state index in [1.54, 1.807) is 19.2 Å². The van der Waals surface area contributed by atoms with E-state index < -0.39 is 0 Å². The van der Waals surface area contributed by atoms with Crippen molar-refractivity contribution in [2.45, 2.75) is 6.54 Å². The lowest BCUT2D eigenvalue weighted by Crippen LogP contribution is -2.10. The van der Waals surface area contributed by atoms with Crippen LogP contribution in [0.15, 0.2) is 54.6 Å². The number of hydrogen-bond acceptors (Lipinski definition) is 3. The molecule has 0 heterocycles. The minimum Gasteiger partial charge on any atom is -0.624 e. The molecule has 0 aliphatic rings. The first-order valence-corrected chi connectivity index (χ1v) is 6.36. The summed E-state index contributed by atoms with van der Waals surface area (Å²) in [5.74, 6) is 1.48. The molecule has 0 N–H and O–H groups in total. The Morgan fingerprint density at radius 3 is 2.30 bits per heavy atom. The van der Waals surface area contributed by atoms with Crippen molar-refractivity contribution in [3.63, 3.8) is 0 Å². The molecule has 0 aliphatic carbocycles. The van der Waals surface area contributed by atoms with Gasteiger partial charge in [0, 0.05) is 5.56 Å². The third-order valence-corrected chi connectivity index (χ3v) is 2.77. The van der Waals surface area contributed by atoms with Crippen LogP contribution in [-0.2, 0) is 6.54 Å². The lowest BCUT2D eigenvalue weighted by Gasteiger charge is -2.06. The first kappa shape index (κ1) is 13.9. The van der Waals surface area contributed by atoms with Crippen molar-refractivity contribution in [1.82, 2.24) is 0 Å². The number of hydrogen-bond donors (Lipinski definition) is 0. The average Bonchev–Trinajstić information content (AvgIpc) is 2.49. The van der Waals surface area contributed by atoms with Crippen LogP contribution in [-0.4, -0.2) is 24.7 Å². The van der Waals surface area contributed by atoms with Crippen LogP contribution < -0.4 is 9.47 Å². The molecule has 0 unspecified atom stereocenters. The Hall–Kier alpha value is -2.49. The van der Waals surface area contributed by atoms with Gasteiger partial charge in [-0.1, -0.05) is 30.3 Å². The maximum Gasteiger partial charge on any atom is 0.189 e. The van der Waals surface area contributed by atoms with Crippen LogP contribution in [0.5, 0.6) is 11.5 Å². The molecule has 104 valence electrons. The summed E-state index contributed by atoms with van der Waals surface area (Å²) in [6, 6.07) is 16.8. The molecule has 2 rings (SSSR count). The summed E-state index contributed by atoms with van der Waals surface area (Å²) in [6.45, 7) is 0.565. The zero-order chi connectivity index (χ0) is 14.2. The SMILES string of the molecule is COc1ccc(OCC=[N+]([O-])Cc2ccccc2)cc1. The normalized spacial score (nSPS) is 11.2. The largest absolute Gasteiger partial charge is 0.624 e. The summed E-state index contributed by atoms with van der Waals surface area (Å²) in [4.78, 5) is 0. The summed E-state index contributed by atoms with van der Waals surface area (Å²) in [7, 11) is 1.61. The van der Waals surface area contributed by atoms with Crippen LogP contribution >= 0.6 is 0 Å². The van der Waals surface area contributed by atoms with Crippen molar-refractivity contribution in [3.8, 4) is 11.5 Å². The van der Waals surface area contributed by atoms with Crippen LogP contribution in [0.25, 0.3) is 0 Å². The van der Waals surface area contributed by atoms with E-state index in [0.717, 1.165) is 16.1 Å². The van der Waals surface area contributed by atoms with Crippen molar-refractivity contribution >= 4 is 6.21 Å². The molecule has 0 aromatic heterocycles. The van der Waals surface area contributed by atoms with Gasteiger partial charge < -0.3 is 14.7 Å². The second-order valence-electron chi connectivity index (χ2n) is 4.23. The lowest BCUT2D eigenvalue weighted by atomic mass is 10.2. The molecule has 4 nitrogen and oxygen atoms in total. The number of nitrogens with zero attached hydrogens (tertiary/aromatic N) is 1. The summed E-state index contributed by atoms with van der Waals surface area (Å²) < 4.78 is 11.4. The Kier molecular flexibility index (Phi) is 5.00. The Bertz CT molecular complexity index is 550. The minimum absolute atomic E-state index is 0.239. The summed E-state index contributed by atoms with van der Waals surface area (Å²) in [6.07, 6.45) is 1.48. The maximum atomic E-state index is 11.7. The van der Waals surface area contributed by atoms with E-state index in [9.17, 15) is 5.21 Å². The maximum absolute atomic E-state index is 11.7. The molecule has 0 saturated carbocycles. The molecule has 0 fully saturated rings. The summed E-state index contributed by atoms with van der Waals surface area (Å²) in [5.41, 5.74) is 0.975. The highest BCUT2D eigenvalue weighted by Crippen LogP contribution is 2.16. The zero-order valence-electron chi connectivity index (χ0n) is 11.4. The van der Waals surface area contributed by atoms with Gasteiger partial charge in [-0.05, 0) is 24.3 Å². The summed E-state index contributed by atoms with van der Waals surface area (Å²) in [5, 5.41) is 11.7. The van der Waals surface area contributed by atoms with Crippen molar-refractivity contribution < 1.29 is 14.2 Å². The molecular formula is C16H17NO3. The van der Waals surface area contributed by atoms with E-state index in [2.05, 4.69) is 0 Å². The molecule has 0 spiro atoms. The van der Waals surface area contributed by atoms with E-state index in [0.29, 0.717) is 12.3 Å². The molecule has 0 aliphatic heterocycles. The first-order chi connectivity index (χ1) is 9.78. The molecule has 2 aromatic carbocycles. The molecule has 4 heteroatoms. The highest BCUT2D eigenvalue weighted by molar-refractivity contribution is 5.53. The van der Waals surface area contributed by atoms with Gasteiger partial charge in [0.05, 0.1) is 7.11 Å². The third-order valence-electron chi connectivity index (χ3n) is 2.77. The first-order valence-electron chi connectivity index (χ1n) is 6.36. The zero-order valence-corrected chi connectivity index (χ0v) is 11.4. The van der Waals surface area contributed by atoms with Crippen LogP contribution in [0.2, 0.25) is 0 Å². The van der Waals surface area contributed by atoms with E-state index in [4.69, 9.17) is 9.47 Å². The quantitative estimate of drug-likeness (QED) is 0.351. The molecule has 2 aromatic rings. The van der Waals surface area contributed by atoms with Gasteiger partial charge in [0.15, 0.2) is 19.4 Å². The molecule has 0 amide bonds.